The number of nitrogens with zero attached hydrogens (tertiary/aromatic N) is 2. The number of carbonyl (C=O) groups is 2. The fraction of sp³-hybridized carbons (Fsp3) is 0.436. The standard InChI is InChI=1S/C55H66FN3O12/c1-5-28-68-55-50(59(35-37-18-20-40(56)21-19-37)54(63)67-30-29-66-36-38-14-8-7-9-15-38)34-47(58-69-6-2)44-31-39(16-10-12-26-60)43(17-11-13-27-61)51(52(44)55)45-32-42(23-25-48(45)71-55)70-53(62)57-46-24-22-41(64-3)33-49(46)65-4/h5,7-9,14-15,18-25,31-33,39,43,50-52,60-61H,1,6,10-13,16-17,26-30,34-36H2,2-4H3,(H,57,62). The SMILES string of the molecule is C=CCOC12Oc3ccc(OC(=O)Nc4ccc(OC)cc4OC)cc3C3C(CCCCO)C(CCCCO)C=C(C(=NOCC)CC1N(Cc1ccc(F)cc1)C(=O)OCCOCc1ccccc1)C32. The number of aliphatic hydroxyl groups excluding tert-OH is 2. The van der Waals surface area contributed by atoms with Gasteiger partial charge in [-0.2, -0.15) is 0 Å². The molecule has 0 saturated heterocycles. The normalized spacial score (nSPS) is 21.4. The van der Waals surface area contributed by atoms with Crippen LogP contribution in [0.5, 0.6) is 23.0 Å². The molecule has 0 radical (unpaired) electrons. The second-order valence-corrected chi connectivity index (χ2v) is 17.7. The number of methoxy groups -OCH3 is 2. The number of rotatable bonds is 25. The molecular formula is C55H66FN3O12. The fourth-order valence-corrected chi connectivity index (χ4v) is 10.1. The quantitative estimate of drug-likeness (QED) is 0.0326. The van der Waals surface area contributed by atoms with E-state index in [4.69, 9.17) is 43.2 Å². The number of amides is 2. The minimum atomic E-state index is -1.62. The molecule has 3 N–H and O–H groups in total. The van der Waals surface area contributed by atoms with Gasteiger partial charge in [-0.15, -0.1) is 6.58 Å². The van der Waals surface area contributed by atoms with Crippen molar-refractivity contribution >= 4 is 23.6 Å². The second-order valence-electron chi connectivity index (χ2n) is 17.7. The molecule has 4 aromatic rings. The monoisotopic (exact) mass is 979 g/mol. The van der Waals surface area contributed by atoms with E-state index in [9.17, 15) is 24.2 Å². The van der Waals surface area contributed by atoms with Crippen molar-refractivity contribution in [2.75, 3.05) is 59.2 Å². The Morgan fingerprint density at radius 3 is 2.39 bits per heavy atom. The lowest BCUT2D eigenvalue weighted by molar-refractivity contribution is -0.256. The number of nitrogens with one attached hydrogen (secondary N) is 1. The Balaban J connectivity index is 1.35. The zero-order valence-electron chi connectivity index (χ0n) is 40.8. The Morgan fingerprint density at radius 1 is 0.915 bits per heavy atom. The molecule has 6 atom stereocenters. The Labute approximate surface area is 415 Å². The summed E-state index contributed by atoms with van der Waals surface area (Å²) in [7, 11) is 3.03. The number of hydrogen-bond acceptors (Lipinski definition) is 13. The van der Waals surface area contributed by atoms with Crippen LogP contribution >= 0.6 is 0 Å². The summed E-state index contributed by atoms with van der Waals surface area (Å²) in [6.07, 6.45) is 6.56. The van der Waals surface area contributed by atoms with E-state index in [2.05, 4.69) is 18.0 Å². The summed E-state index contributed by atoms with van der Waals surface area (Å²) < 4.78 is 57.6. The number of aliphatic hydroxyl groups is 2. The van der Waals surface area contributed by atoms with E-state index >= 15 is 0 Å². The van der Waals surface area contributed by atoms with E-state index < -0.39 is 41.7 Å². The molecule has 3 aliphatic rings. The number of hydrogen-bond donors (Lipinski definition) is 3. The molecule has 2 aliphatic carbocycles. The van der Waals surface area contributed by atoms with Crippen molar-refractivity contribution in [3.8, 4) is 23.0 Å². The number of ether oxygens (including phenoxy) is 7. The van der Waals surface area contributed by atoms with Crippen molar-refractivity contribution in [1.29, 1.82) is 0 Å². The molecule has 1 fully saturated rings. The highest BCUT2D eigenvalue weighted by molar-refractivity contribution is 6.03. The molecule has 6 unspecified atom stereocenters. The van der Waals surface area contributed by atoms with Gasteiger partial charge in [-0.3, -0.25) is 10.2 Å². The van der Waals surface area contributed by atoms with Gasteiger partial charge in [-0.05, 0) is 104 Å². The van der Waals surface area contributed by atoms with Crippen LogP contribution in [0.1, 0.15) is 74.5 Å². The Kier molecular flexibility index (Phi) is 18.9. The van der Waals surface area contributed by atoms with Crippen LogP contribution in [0.3, 0.4) is 0 Å². The van der Waals surface area contributed by atoms with Crippen LogP contribution in [0.2, 0.25) is 0 Å². The van der Waals surface area contributed by atoms with Crippen LogP contribution in [0.15, 0.2) is 120 Å². The molecule has 0 bridgehead atoms. The van der Waals surface area contributed by atoms with Gasteiger partial charge in [0.1, 0.15) is 48.1 Å². The number of fused-ring (bicyclic) bond motifs is 2. The van der Waals surface area contributed by atoms with Gasteiger partial charge in [0.15, 0.2) is 0 Å². The number of halogens is 1. The molecule has 1 saturated carbocycles. The van der Waals surface area contributed by atoms with E-state index in [1.807, 2.05) is 43.3 Å². The molecule has 0 spiro atoms. The highest BCUT2D eigenvalue weighted by Crippen LogP contribution is 2.62. The molecule has 0 aromatic heterocycles. The van der Waals surface area contributed by atoms with Gasteiger partial charge in [0, 0.05) is 43.7 Å². The molecule has 7 rings (SSSR count). The van der Waals surface area contributed by atoms with Crippen LogP contribution in [0.4, 0.5) is 19.7 Å². The zero-order chi connectivity index (χ0) is 50.2. The first-order valence-corrected chi connectivity index (χ1v) is 24.4. The number of unbranched alkanes of at least 4 members (excludes halogenated alkanes) is 2. The Hall–Kier alpha value is -6.46. The van der Waals surface area contributed by atoms with Crippen molar-refractivity contribution in [2.45, 2.75) is 82.8 Å². The molecular weight excluding hydrogens is 914 g/mol. The number of allylic oxidation sites excluding steroid dienone is 1. The van der Waals surface area contributed by atoms with Crippen LogP contribution in [-0.2, 0) is 32.2 Å². The first kappa shape index (κ1) is 52.4. The summed E-state index contributed by atoms with van der Waals surface area (Å²) in [4.78, 5) is 36.0. The molecule has 4 aromatic carbocycles. The zero-order valence-corrected chi connectivity index (χ0v) is 40.8. The minimum absolute atomic E-state index is 0.0141. The van der Waals surface area contributed by atoms with Crippen LogP contribution in [0, 0.1) is 23.6 Å². The minimum Gasteiger partial charge on any atom is -0.497 e. The van der Waals surface area contributed by atoms with E-state index in [1.54, 1.807) is 53.4 Å². The van der Waals surface area contributed by atoms with Crippen molar-refractivity contribution in [1.82, 2.24) is 4.90 Å². The summed E-state index contributed by atoms with van der Waals surface area (Å²) in [5.74, 6) is -1.67. The van der Waals surface area contributed by atoms with E-state index in [-0.39, 0.29) is 70.2 Å². The van der Waals surface area contributed by atoms with Crippen molar-refractivity contribution in [2.24, 2.45) is 22.9 Å². The smallest absolute Gasteiger partial charge is 0.417 e. The fourth-order valence-electron chi connectivity index (χ4n) is 10.1. The predicted molar refractivity (Wildman–Crippen MR) is 265 cm³/mol. The van der Waals surface area contributed by atoms with Gasteiger partial charge in [-0.1, -0.05) is 72.6 Å². The summed E-state index contributed by atoms with van der Waals surface area (Å²) in [5.41, 5.74) is 4.12. The number of oxime groups is 1. The molecule has 15 nitrogen and oxygen atoms in total. The van der Waals surface area contributed by atoms with Gasteiger partial charge >= 0.3 is 12.2 Å². The predicted octanol–water partition coefficient (Wildman–Crippen LogP) is 9.96. The number of carbonyl (C=O) groups excluding carboxylic acids is 2. The van der Waals surface area contributed by atoms with Gasteiger partial charge in [0.2, 0.25) is 5.79 Å². The summed E-state index contributed by atoms with van der Waals surface area (Å²) >= 11 is 0. The summed E-state index contributed by atoms with van der Waals surface area (Å²) in [6, 6.07) is 24.9. The molecule has 1 heterocycles. The lowest BCUT2D eigenvalue weighted by Crippen LogP contribution is -2.70. The highest BCUT2D eigenvalue weighted by Gasteiger charge is 2.65. The third-order valence-corrected chi connectivity index (χ3v) is 13.2. The number of benzene rings is 4. The maximum absolute atomic E-state index is 14.9. The maximum Gasteiger partial charge on any atom is 0.417 e. The molecule has 16 heteroatoms. The Morgan fingerprint density at radius 2 is 1.68 bits per heavy atom. The average Bonchev–Trinajstić information content (AvgIpc) is 3.38. The second kappa shape index (κ2) is 25.6. The van der Waals surface area contributed by atoms with Gasteiger partial charge in [-0.25, -0.2) is 14.0 Å². The molecule has 71 heavy (non-hydrogen) atoms. The Bertz CT molecular complexity index is 2450. The largest absolute Gasteiger partial charge is 0.497 e. The van der Waals surface area contributed by atoms with Crippen LogP contribution < -0.4 is 24.3 Å². The average molecular weight is 980 g/mol. The molecule has 1 aliphatic heterocycles. The third kappa shape index (κ3) is 12.7. The van der Waals surface area contributed by atoms with E-state index in [1.165, 1.54) is 26.4 Å². The summed E-state index contributed by atoms with van der Waals surface area (Å²) in [6.45, 7) is 6.57. The topological polar surface area (TPSA) is 176 Å². The van der Waals surface area contributed by atoms with Gasteiger partial charge in [0.05, 0.1) is 51.4 Å². The summed E-state index contributed by atoms with van der Waals surface area (Å²) in [5, 5.41) is 27.5. The highest BCUT2D eigenvalue weighted by atomic mass is 19.1. The molecule has 2 amide bonds. The van der Waals surface area contributed by atoms with Crippen molar-refractivity contribution in [3.63, 3.8) is 0 Å². The van der Waals surface area contributed by atoms with E-state index in [0.29, 0.717) is 66.5 Å². The third-order valence-electron chi connectivity index (χ3n) is 13.2. The number of anilines is 1. The lowest BCUT2D eigenvalue weighted by atomic mass is 9.55. The van der Waals surface area contributed by atoms with Gasteiger partial charge < -0.3 is 48.2 Å². The van der Waals surface area contributed by atoms with Crippen molar-refractivity contribution in [3.05, 3.63) is 138 Å². The van der Waals surface area contributed by atoms with Crippen LogP contribution in [0.25, 0.3) is 0 Å². The first-order chi connectivity index (χ1) is 34.7. The maximum atomic E-state index is 14.9. The van der Waals surface area contributed by atoms with Crippen molar-refractivity contribution < 1.29 is 62.2 Å². The first-order valence-electron chi connectivity index (χ1n) is 24.4. The van der Waals surface area contributed by atoms with Crippen LogP contribution in [-0.4, -0.2) is 98.7 Å². The molecule has 380 valence electrons. The van der Waals surface area contributed by atoms with E-state index in [0.717, 1.165) is 29.5 Å². The lowest BCUT2D eigenvalue weighted by Gasteiger charge is -2.59. The van der Waals surface area contributed by atoms with Gasteiger partial charge in [0.25, 0.3) is 0 Å².